The molecule has 3 nitrogen and oxygen atoms in total. The van der Waals surface area contributed by atoms with E-state index in [9.17, 15) is 0 Å². The van der Waals surface area contributed by atoms with Gasteiger partial charge in [0, 0.05) is 28.5 Å². The van der Waals surface area contributed by atoms with Crippen LogP contribution in [-0.4, -0.2) is 15.9 Å². The van der Waals surface area contributed by atoms with E-state index in [0.29, 0.717) is 6.54 Å². The van der Waals surface area contributed by atoms with Crippen molar-refractivity contribution in [1.82, 2.24) is 9.38 Å². The topological polar surface area (TPSA) is 43.3 Å². The Kier molecular flexibility index (Phi) is 4.07. The maximum atomic E-state index is 5.90. The zero-order valence-corrected chi connectivity index (χ0v) is 15.4. The number of aromatic nitrogens is 2. The van der Waals surface area contributed by atoms with E-state index in [-0.39, 0.29) is 5.41 Å². The lowest BCUT2D eigenvalue weighted by Crippen LogP contribution is -2.16. The van der Waals surface area contributed by atoms with Crippen molar-refractivity contribution in [1.29, 1.82) is 0 Å². The number of fused-ring (bicyclic) bond motifs is 1. The zero-order valence-electron chi connectivity index (χ0n) is 14.6. The summed E-state index contributed by atoms with van der Waals surface area (Å²) in [4.78, 5) is 5.99. The van der Waals surface area contributed by atoms with Gasteiger partial charge in [0.1, 0.15) is 0 Å². The second-order valence-corrected chi connectivity index (χ2v) is 8.07. The molecule has 0 aliphatic carbocycles. The van der Waals surface area contributed by atoms with Crippen molar-refractivity contribution in [3.8, 4) is 11.3 Å². The van der Waals surface area contributed by atoms with Crippen LogP contribution in [0.5, 0.6) is 0 Å². The quantitative estimate of drug-likeness (QED) is 0.771. The molecule has 122 valence electrons. The number of imidazole rings is 1. The number of nitrogens with zero attached hydrogens (tertiary/aromatic N) is 2. The van der Waals surface area contributed by atoms with Crippen molar-refractivity contribution in [2.45, 2.75) is 46.5 Å². The fraction of sp³-hybridized carbons (Fsp3) is 0.421. The molecule has 4 heteroatoms. The molecule has 0 radical (unpaired) electrons. The van der Waals surface area contributed by atoms with Crippen molar-refractivity contribution in [3.63, 3.8) is 0 Å². The third-order valence-electron chi connectivity index (χ3n) is 4.39. The number of rotatable bonds is 3. The molecule has 0 saturated carbocycles. The van der Waals surface area contributed by atoms with Gasteiger partial charge in [-0.25, -0.2) is 4.98 Å². The molecule has 0 atom stereocenters. The summed E-state index contributed by atoms with van der Waals surface area (Å²) < 4.78 is 2.32. The van der Waals surface area contributed by atoms with Crippen LogP contribution >= 0.6 is 11.3 Å². The lowest BCUT2D eigenvalue weighted by atomic mass is 9.93. The first kappa shape index (κ1) is 16.2. The molecule has 0 fully saturated rings. The Morgan fingerprint density at radius 2 is 1.91 bits per heavy atom. The van der Waals surface area contributed by atoms with E-state index in [2.05, 4.69) is 62.6 Å². The third kappa shape index (κ3) is 2.81. The van der Waals surface area contributed by atoms with Gasteiger partial charge >= 0.3 is 0 Å². The molecule has 2 heterocycles. The first-order valence-electron chi connectivity index (χ1n) is 8.10. The summed E-state index contributed by atoms with van der Waals surface area (Å²) in [5.74, 6) is 0. The summed E-state index contributed by atoms with van der Waals surface area (Å²) in [6, 6.07) is 6.58. The van der Waals surface area contributed by atoms with Gasteiger partial charge in [-0.1, -0.05) is 32.9 Å². The minimum absolute atomic E-state index is 0.0861. The Morgan fingerprint density at radius 3 is 2.52 bits per heavy atom. The molecule has 0 bridgehead atoms. The summed E-state index contributed by atoms with van der Waals surface area (Å²) in [5.41, 5.74) is 13.4. The van der Waals surface area contributed by atoms with Gasteiger partial charge in [-0.15, -0.1) is 11.3 Å². The summed E-state index contributed by atoms with van der Waals surface area (Å²) in [6.07, 6.45) is 0.837. The van der Waals surface area contributed by atoms with Crippen molar-refractivity contribution >= 4 is 16.3 Å². The molecule has 3 aromatic rings. The van der Waals surface area contributed by atoms with Crippen LogP contribution in [0.3, 0.4) is 0 Å². The average molecular weight is 327 g/mol. The maximum Gasteiger partial charge on any atom is 0.194 e. The van der Waals surface area contributed by atoms with Crippen LogP contribution in [0, 0.1) is 13.8 Å². The van der Waals surface area contributed by atoms with E-state index >= 15 is 0 Å². The second-order valence-electron chi connectivity index (χ2n) is 7.23. The number of aryl methyl sites for hydroxylation is 2. The highest BCUT2D eigenvalue weighted by Gasteiger charge is 2.24. The first-order valence-corrected chi connectivity index (χ1v) is 8.98. The average Bonchev–Trinajstić information content (AvgIpc) is 3.02. The van der Waals surface area contributed by atoms with Gasteiger partial charge in [0.25, 0.3) is 0 Å². The second kappa shape index (κ2) is 5.77. The Balaban J connectivity index is 2.26. The van der Waals surface area contributed by atoms with Gasteiger partial charge in [0.05, 0.1) is 11.4 Å². The van der Waals surface area contributed by atoms with E-state index in [1.807, 2.05) is 0 Å². The first-order chi connectivity index (χ1) is 10.8. The SMILES string of the molecule is Cc1ccc(-c2nc3scc(C(C)(C)C)n3c2CCN)cc1C. The number of benzene rings is 1. The molecular formula is C19H25N3S. The summed E-state index contributed by atoms with van der Waals surface area (Å²) in [5, 5.41) is 2.23. The summed E-state index contributed by atoms with van der Waals surface area (Å²) in [6.45, 7) is 11.7. The fourth-order valence-corrected chi connectivity index (χ4v) is 4.05. The van der Waals surface area contributed by atoms with Gasteiger partial charge in [-0.05, 0) is 37.6 Å². The number of thiazole rings is 1. The van der Waals surface area contributed by atoms with Gasteiger partial charge in [0.2, 0.25) is 0 Å². The highest BCUT2D eigenvalue weighted by molar-refractivity contribution is 7.15. The molecule has 2 aromatic heterocycles. The van der Waals surface area contributed by atoms with Crippen LogP contribution in [0.1, 0.15) is 43.3 Å². The summed E-state index contributed by atoms with van der Waals surface area (Å²) in [7, 11) is 0. The minimum Gasteiger partial charge on any atom is -0.330 e. The Morgan fingerprint density at radius 1 is 1.17 bits per heavy atom. The monoisotopic (exact) mass is 327 g/mol. The summed E-state index contributed by atoms with van der Waals surface area (Å²) >= 11 is 1.71. The van der Waals surface area contributed by atoms with Crippen LogP contribution in [0.2, 0.25) is 0 Å². The highest BCUT2D eigenvalue weighted by atomic mass is 32.1. The number of hydrogen-bond acceptors (Lipinski definition) is 3. The Labute approximate surface area is 142 Å². The number of nitrogens with two attached hydrogens (primary N) is 1. The fourth-order valence-electron chi connectivity index (χ4n) is 2.92. The largest absolute Gasteiger partial charge is 0.330 e. The van der Waals surface area contributed by atoms with E-state index in [4.69, 9.17) is 10.7 Å². The highest BCUT2D eigenvalue weighted by Crippen LogP contribution is 2.34. The molecule has 0 saturated heterocycles. The molecular weight excluding hydrogens is 302 g/mol. The number of hydrogen-bond donors (Lipinski definition) is 1. The van der Waals surface area contributed by atoms with Crippen molar-refractivity contribution in [2.24, 2.45) is 5.73 Å². The Hall–Kier alpha value is -1.65. The lowest BCUT2D eigenvalue weighted by Gasteiger charge is -2.18. The molecule has 0 aliphatic heterocycles. The van der Waals surface area contributed by atoms with Crippen molar-refractivity contribution in [2.75, 3.05) is 6.54 Å². The zero-order chi connectivity index (χ0) is 16.8. The van der Waals surface area contributed by atoms with Crippen molar-refractivity contribution in [3.05, 3.63) is 46.1 Å². The van der Waals surface area contributed by atoms with E-state index in [1.165, 1.54) is 28.1 Å². The third-order valence-corrected chi connectivity index (χ3v) is 5.21. The van der Waals surface area contributed by atoms with Gasteiger partial charge in [-0.3, -0.25) is 4.40 Å². The van der Waals surface area contributed by atoms with Crippen LogP contribution in [-0.2, 0) is 11.8 Å². The van der Waals surface area contributed by atoms with Crippen LogP contribution < -0.4 is 5.73 Å². The molecule has 0 spiro atoms. The maximum absolute atomic E-state index is 5.90. The van der Waals surface area contributed by atoms with Crippen LogP contribution in [0.4, 0.5) is 0 Å². The smallest absolute Gasteiger partial charge is 0.194 e. The molecule has 0 amide bonds. The molecule has 3 rings (SSSR count). The molecule has 1 aromatic carbocycles. The normalized spacial score (nSPS) is 12.3. The lowest BCUT2D eigenvalue weighted by molar-refractivity contribution is 0.561. The van der Waals surface area contributed by atoms with Crippen LogP contribution in [0.15, 0.2) is 23.6 Å². The molecule has 23 heavy (non-hydrogen) atoms. The van der Waals surface area contributed by atoms with Crippen LogP contribution in [0.25, 0.3) is 16.2 Å². The van der Waals surface area contributed by atoms with Gasteiger partial charge < -0.3 is 5.73 Å². The van der Waals surface area contributed by atoms with E-state index < -0.39 is 0 Å². The molecule has 2 N–H and O–H groups in total. The predicted octanol–water partition coefficient (Wildman–Crippen LogP) is 4.48. The molecule has 0 unspecified atom stereocenters. The van der Waals surface area contributed by atoms with Gasteiger partial charge in [0.15, 0.2) is 4.96 Å². The van der Waals surface area contributed by atoms with Crippen molar-refractivity contribution < 1.29 is 0 Å². The Bertz CT molecular complexity index is 849. The van der Waals surface area contributed by atoms with E-state index in [0.717, 1.165) is 17.1 Å². The predicted molar refractivity (Wildman–Crippen MR) is 99.4 cm³/mol. The standard InChI is InChI=1S/C19H25N3S/c1-12-6-7-14(10-13(12)2)17-15(8-9-20)22-16(19(3,4)5)11-23-18(22)21-17/h6-7,10-11H,8-9,20H2,1-5H3. The molecule has 0 aliphatic rings. The minimum atomic E-state index is 0.0861. The van der Waals surface area contributed by atoms with E-state index in [1.54, 1.807) is 11.3 Å². The van der Waals surface area contributed by atoms with Gasteiger partial charge in [-0.2, -0.15) is 0 Å².